The molecule has 0 radical (unpaired) electrons. The van der Waals surface area contributed by atoms with E-state index in [-0.39, 0.29) is 5.60 Å². The van der Waals surface area contributed by atoms with Gasteiger partial charge in [-0.2, -0.15) is 0 Å². The number of nitrogens with one attached hydrogen (secondary N) is 1. The van der Waals surface area contributed by atoms with Crippen molar-refractivity contribution in [1.29, 1.82) is 0 Å². The van der Waals surface area contributed by atoms with Crippen molar-refractivity contribution < 1.29 is 4.74 Å². The summed E-state index contributed by atoms with van der Waals surface area (Å²) in [4.78, 5) is 4.37. The van der Waals surface area contributed by atoms with Gasteiger partial charge in [-0.05, 0) is 25.9 Å². The minimum atomic E-state index is -0.00956. The molecule has 0 atom stereocenters. The molecule has 0 unspecified atom stereocenters. The molecule has 84 valence electrons. The number of imidazole rings is 1. The molecule has 0 saturated carbocycles. The number of aryl methyl sites for hydroxylation is 1. The Kier molecular flexibility index (Phi) is 3.07. The van der Waals surface area contributed by atoms with E-state index in [0.717, 1.165) is 38.2 Å². The number of ether oxygens (including phenoxy) is 1. The van der Waals surface area contributed by atoms with Crippen molar-refractivity contribution in [3.63, 3.8) is 0 Å². The molecule has 15 heavy (non-hydrogen) atoms. The molecule has 2 rings (SSSR count). The molecule has 1 aliphatic heterocycles. The third-order valence-corrected chi connectivity index (χ3v) is 3.35. The SMILES string of the molecule is COC1(Cc2nccn2C)CCNCC1. The molecule has 0 aliphatic carbocycles. The third kappa shape index (κ3) is 2.21. The summed E-state index contributed by atoms with van der Waals surface area (Å²) in [5.41, 5.74) is -0.00956. The summed E-state index contributed by atoms with van der Waals surface area (Å²) in [5.74, 6) is 1.11. The molecule has 1 N–H and O–H groups in total. The fourth-order valence-corrected chi connectivity index (χ4v) is 2.19. The van der Waals surface area contributed by atoms with E-state index >= 15 is 0 Å². The maximum atomic E-state index is 5.71. The van der Waals surface area contributed by atoms with Crippen LogP contribution in [-0.4, -0.2) is 35.4 Å². The molecule has 0 bridgehead atoms. The molecule has 1 aromatic heterocycles. The zero-order valence-electron chi connectivity index (χ0n) is 9.49. The normalized spacial score (nSPS) is 20.4. The van der Waals surface area contributed by atoms with E-state index < -0.39 is 0 Å². The second-order valence-corrected chi connectivity index (χ2v) is 4.27. The molecule has 4 heteroatoms. The monoisotopic (exact) mass is 209 g/mol. The van der Waals surface area contributed by atoms with Gasteiger partial charge in [0.2, 0.25) is 0 Å². The fraction of sp³-hybridized carbons (Fsp3) is 0.727. The van der Waals surface area contributed by atoms with Gasteiger partial charge in [-0.1, -0.05) is 0 Å². The van der Waals surface area contributed by atoms with Crippen LogP contribution < -0.4 is 5.32 Å². The molecule has 0 aromatic carbocycles. The number of hydrogen-bond donors (Lipinski definition) is 1. The average Bonchev–Trinajstić information content (AvgIpc) is 2.66. The predicted octanol–water partition coefficient (Wildman–Crippen LogP) is 0.731. The Hall–Kier alpha value is -0.870. The first-order chi connectivity index (χ1) is 7.26. The Morgan fingerprint density at radius 1 is 1.53 bits per heavy atom. The van der Waals surface area contributed by atoms with Gasteiger partial charge in [0.1, 0.15) is 5.82 Å². The number of methoxy groups -OCH3 is 1. The maximum absolute atomic E-state index is 5.71. The van der Waals surface area contributed by atoms with E-state index in [4.69, 9.17) is 4.74 Å². The van der Waals surface area contributed by atoms with Crippen LogP contribution in [0, 0.1) is 0 Å². The molecule has 1 fully saturated rings. The Balaban J connectivity index is 2.10. The minimum absolute atomic E-state index is 0.00956. The fourth-order valence-electron chi connectivity index (χ4n) is 2.19. The predicted molar refractivity (Wildman–Crippen MR) is 58.8 cm³/mol. The van der Waals surface area contributed by atoms with Crippen molar-refractivity contribution in [2.24, 2.45) is 7.05 Å². The van der Waals surface area contributed by atoms with Crippen LogP contribution in [0.1, 0.15) is 18.7 Å². The lowest BCUT2D eigenvalue weighted by atomic mass is 9.88. The smallest absolute Gasteiger partial charge is 0.111 e. The number of hydrogen-bond acceptors (Lipinski definition) is 3. The number of nitrogens with zero attached hydrogens (tertiary/aromatic N) is 2. The van der Waals surface area contributed by atoms with Gasteiger partial charge in [0, 0.05) is 33.0 Å². The molecule has 1 saturated heterocycles. The van der Waals surface area contributed by atoms with Crippen LogP contribution in [0.2, 0.25) is 0 Å². The van der Waals surface area contributed by atoms with E-state index in [9.17, 15) is 0 Å². The Labute approximate surface area is 90.6 Å². The van der Waals surface area contributed by atoms with Crippen molar-refractivity contribution in [3.8, 4) is 0 Å². The van der Waals surface area contributed by atoms with Gasteiger partial charge in [0.05, 0.1) is 5.60 Å². The van der Waals surface area contributed by atoms with E-state index in [1.54, 1.807) is 0 Å². The number of aromatic nitrogens is 2. The lowest BCUT2D eigenvalue weighted by Gasteiger charge is -2.36. The zero-order chi connectivity index (χ0) is 10.7. The molecule has 1 aromatic rings. The van der Waals surface area contributed by atoms with E-state index in [1.807, 2.05) is 26.6 Å². The summed E-state index contributed by atoms with van der Waals surface area (Å²) >= 11 is 0. The molecular weight excluding hydrogens is 190 g/mol. The molecule has 4 nitrogen and oxygen atoms in total. The first kappa shape index (κ1) is 10.6. The van der Waals surface area contributed by atoms with Crippen LogP contribution in [0.5, 0.6) is 0 Å². The molecule has 0 amide bonds. The van der Waals surface area contributed by atoms with Crippen LogP contribution in [0.15, 0.2) is 12.4 Å². The topological polar surface area (TPSA) is 39.1 Å². The van der Waals surface area contributed by atoms with E-state index in [2.05, 4.69) is 14.9 Å². The summed E-state index contributed by atoms with van der Waals surface area (Å²) in [6, 6.07) is 0. The van der Waals surface area contributed by atoms with Crippen molar-refractivity contribution in [2.45, 2.75) is 24.9 Å². The van der Waals surface area contributed by atoms with Crippen LogP contribution >= 0.6 is 0 Å². The number of rotatable bonds is 3. The second kappa shape index (κ2) is 4.33. The highest BCUT2D eigenvalue weighted by Crippen LogP contribution is 2.26. The summed E-state index contributed by atoms with van der Waals surface area (Å²) < 4.78 is 7.79. The first-order valence-electron chi connectivity index (χ1n) is 5.48. The standard InChI is InChI=1S/C11H19N3O/c1-14-8-7-13-10(14)9-11(15-2)3-5-12-6-4-11/h7-8,12H,3-6,9H2,1-2H3. The summed E-state index contributed by atoms with van der Waals surface area (Å²) in [6.45, 7) is 2.08. The van der Waals surface area contributed by atoms with Gasteiger partial charge >= 0.3 is 0 Å². The zero-order valence-corrected chi connectivity index (χ0v) is 9.49. The molecule has 1 aliphatic rings. The van der Waals surface area contributed by atoms with Gasteiger partial charge < -0.3 is 14.6 Å². The van der Waals surface area contributed by atoms with E-state index in [1.165, 1.54) is 0 Å². The molecular formula is C11H19N3O. The highest BCUT2D eigenvalue weighted by Gasteiger charge is 2.33. The van der Waals surface area contributed by atoms with Crippen molar-refractivity contribution in [2.75, 3.05) is 20.2 Å². The van der Waals surface area contributed by atoms with Crippen LogP contribution in [0.4, 0.5) is 0 Å². The second-order valence-electron chi connectivity index (χ2n) is 4.27. The lowest BCUT2D eigenvalue weighted by Crippen LogP contribution is -2.45. The summed E-state index contributed by atoms with van der Waals surface area (Å²) in [6.07, 6.45) is 6.88. The quantitative estimate of drug-likeness (QED) is 0.797. The third-order valence-electron chi connectivity index (χ3n) is 3.35. The van der Waals surface area contributed by atoms with Crippen molar-refractivity contribution >= 4 is 0 Å². The van der Waals surface area contributed by atoms with Crippen molar-refractivity contribution in [1.82, 2.24) is 14.9 Å². The minimum Gasteiger partial charge on any atom is -0.378 e. The summed E-state index contributed by atoms with van der Waals surface area (Å²) in [7, 11) is 3.85. The van der Waals surface area contributed by atoms with Crippen molar-refractivity contribution in [3.05, 3.63) is 18.2 Å². The van der Waals surface area contributed by atoms with Gasteiger partial charge in [-0.25, -0.2) is 4.98 Å². The summed E-state index contributed by atoms with van der Waals surface area (Å²) in [5, 5.41) is 3.36. The Bertz CT molecular complexity index is 315. The highest BCUT2D eigenvalue weighted by molar-refractivity contribution is 5.00. The van der Waals surface area contributed by atoms with Gasteiger partial charge in [0.25, 0.3) is 0 Å². The highest BCUT2D eigenvalue weighted by atomic mass is 16.5. The molecule has 0 spiro atoms. The number of piperidine rings is 1. The van der Waals surface area contributed by atoms with Gasteiger partial charge in [0.15, 0.2) is 0 Å². The maximum Gasteiger partial charge on any atom is 0.111 e. The largest absolute Gasteiger partial charge is 0.378 e. The first-order valence-corrected chi connectivity index (χ1v) is 5.48. The molecule has 2 heterocycles. The average molecular weight is 209 g/mol. The Morgan fingerprint density at radius 3 is 2.80 bits per heavy atom. The lowest BCUT2D eigenvalue weighted by molar-refractivity contribution is -0.0351. The van der Waals surface area contributed by atoms with Gasteiger partial charge in [-0.15, -0.1) is 0 Å². The van der Waals surface area contributed by atoms with E-state index in [0.29, 0.717) is 0 Å². The van der Waals surface area contributed by atoms with Gasteiger partial charge in [-0.3, -0.25) is 0 Å². The van der Waals surface area contributed by atoms with Crippen LogP contribution in [-0.2, 0) is 18.2 Å². The van der Waals surface area contributed by atoms with Crippen LogP contribution in [0.3, 0.4) is 0 Å². The Morgan fingerprint density at radius 2 is 2.27 bits per heavy atom. The van der Waals surface area contributed by atoms with Crippen LogP contribution in [0.25, 0.3) is 0 Å².